The molecular formula is C21H25ClN2O2. The first kappa shape index (κ1) is 18.6. The van der Waals surface area contributed by atoms with Crippen LogP contribution in [0.15, 0.2) is 36.4 Å². The molecule has 0 saturated carbocycles. The van der Waals surface area contributed by atoms with Gasteiger partial charge in [-0.05, 0) is 67.0 Å². The van der Waals surface area contributed by atoms with Crippen molar-refractivity contribution in [2.45, 2.75) is 45.1 Å². The van der Waals surface area contributed by atoms with Gasteiger partial charge < -0.3 is 15.4 Å². The summed E-state index contributed by atoms with van der Waals surface area (Å²) < 4.78 is 5.28. The fraction of sp³-hybridized carbons (Fsp3) is 0.381. The van der Waals surface area contributed by atoms with E-state index in [1.54, 1.807) is 25.3 Å². The predicted octanol–water partition coefficient (Wildman–Crippen LogP) is 5.50. The lowest BCUT2D eigenvalue weighted by molar-refractivity contribution is 0.248. The number of amides is 2. The lowest BCUT2D eigenvalue weighted by Gasteiger charge is -2.22. The molecule has 0 fully saturated rings. The van der Waals surface area contributed by atoms with E-state index >= 15 is 0 Å². The van der Waals surface area contributed by atoms with E-state index in [1.807, 2.05) is 0 Å². The topological polar surface area (TPSA) is 50.4 Å². The Balaban J connectivity index is 1.72. The SMILES string of the molecule is CCC(NC(=O)Nc1cc(Cl)ccc1OC)c1ccc2c(c1)CCCC2. The summed E-state index contributed by atoms with van der Waals surface area (Å²) in [6.45, 7) is 2.07. The van der Waals surface area contributed by atoms with Crippen molar-refractivity contribution >= 4 is 23.3 Å². The van der Waals surface area contributed by atoms with Crippen molar-refractivity contribution in [2.75, 3.05) is 12.4 Å². The summed E-state index contributed by atoms with van der Waals surface area (Å²) in [5, 5.41) is 6.44. The summed E-state index contributed by atoms with van der Waals surface area (Å²) in [4.78, 5) is 12.5. The van der Waals surface area contributed by atoms with Gasteiger partial charge in [-0.1, -0.05) is 36.7 Å². The first-order chi connectivity index (χ1) is 12.6. The molecule has 4 nitrogen and oxygen atoms in total. The molecule has 2 aromatic rings. The highest BCUT2D eigenvalue weighted by atomic mass is 35.5. The van der Waals surface area contributed by atoms with Gasteiger partial charge in [0.25, 0.3) is 0 Å². The summed E-state index contributed by atoms with van der Waals surface area (Å²) in [5.74, 6) is 0.575. The molecule has 1 unspecified atom stereocenters. The molecule has 5 heteroatoms. The minimum absolute atomic E-state index is 0.0348. The third-order valence-electron chi connectivity index (χ3n) is 4.90. The highest BCUT2D eigenvalue weighted by molar-refractivity contribution is 6.31. The van der Waals surface area contributed by atoms with Gasteiger partial charge in [-0.25, -0.2) is 4.79 Å². The van der Waals surface area contributed by atoms with Crippen LogP contribution >= 0.6 is 11.6 Å². The number of benzene rings is 2. The lowest BCUT2D eigenvalue weighted by Crippen LogP contribution is -2.32. The second-order valence-electron chi connectivity index (χ2n) is 6.64. The summed E-state index contributed by atoms with van der Waals surface area (Å²) in [6.07, 6.45) is 5.63. The van der Waals surface area contributed by atoms with E-state index < -0.39 is 0 Å². The fourth-order valence-electron chi connectivity index (χ4n) is 3.49. The van der Waals surface area contributed by atoms with Crippen molar-refractivity contribution in [3.05, 3.63) is 58.1 Å². The minimum atomic E-state index is -0.268. The Labute approximate surface area is 159 Å². The van der Waals surface area contributed by atoms with Crippen LogP contribution in [0.4, 0.5) is 10.5 Å². The molecule has 0 aromatic heterocycles. The summed E-state index contributed by atoms with van der Waals surface area (Å²) in [7, 11) is 1.56. The Hall–Kier alpha value is -2.20. The number of ether oxygens (including phenoxy) is 1. The zero-order chi connectivity index (χ0) is 18.5. The van der Waals surface area contributed by atoms with Gasteiger partial charge in [0, 0.05) is 5.02 Å². The number of carbonyl (C=O) groups excluding carboxylic acids is 1. The highest BCUT2D eigenvalue weighted by Crippen LogP contribution is 2.29. The van der Waals surface area contributed by atoms with Gasteiger partial charge in [-0.2, -0.15) is 0 Å². The number of carbonyl (C=O) groups is 1. The minimum Gasteiger partial charge on any atom is -0.495 e. The number of hydrogen-bond donors (Lipinski definition) is 2. The van der Waals surface area contributed by atoms with Crippen LogP contribution in [0, 0.1) is 0 Å². The quantitative estimate of drug-likeness (QED) is 0.728. The number of methoxy groups -OCH3 is 1. The van der Waals surface area contributed by atoms with E-state index in [9.17, 15) is 4.79 Å². The van der Waals surface area contributed by atoms with Crippen molar-refractivity contribution in [1.82, 2.24) is 5.32 Å². The van der Waals surface area contributed by atoms with Crippen molar-refractivity contribution < 1.29 is 9.53 Å². The van der Waals surface area contributed by atoms with E-state index in [4.69, 9.17) is 16.3 Å². The zero-order valence-electron chi connectivity index (χ0n) is 15.3. The number of anilines is 1. The Morgan fingerprint density at radius 2 is 1.92 bits per heavy atom. The van der Waals surface area contributed by atoms with Crippen molar-refractivity contribution in [3.63, 3.8) is 0 Å². The maximum Gasteiger partial charge on any atom is 0.319 e. The molecule has 2 aromatic carbocycles. The zero-order valence-corrected chi connectivity index (χ0v) is 16.0. The number of halogens is 1. The molecule has 0 bridgehead atoms. The van der Waals surface area contributed by atoms with Crippen molar-refractivity contribution in [3.8, 4) is 5.75 Å². The van der Waals surface area contributed by atoms with Crippen LogP contribution in [-0.4, -0.2) is 13.1 Å². The van der Waals surface area contributed by atoms with Crippen LogP contribution in [0.2, 0.25) is 5.02 Å². The molecular weight excluding hydrogens is 348 g/mol. The van der Waals surface area contributed by atoms with Crippen molar-refractivity contribution in [2.24, 2.45) is 0 Å². The Bertz CT molecular complexity index is 792. The third kappa shape index (κ3) is 4.31. The van der Waals surface area contributed by atoms with E-state index in [2.05, 4.69) is 35.8 Å². The molecule has 26 heavy (non-hydrogen) atoms. The average molecular weight is 373 g/mol. The standard InChI is InChI=1S/C21H25ClN2O2/c1-3-18(16-9-8-14-6-4-5-7-15(14)12-16)23-21(25)24-19-13-17(22)10-11-20(19)26-2/h8-13,18H,3-7H2,1-2H3,(H2,23,24,25). The molecule has 0 radical (unpaired) electrons. The average Bonchev–Trinajstić information content (AvgIpc) is 2.66. The number of rotatable bonds is 5. The second-order valence-corrected chi connectivity index (χ2v) is 7.08. The second kappa shape index (κ2) is 8.45. The van der Waals surface area contributed by atoms with Gasteiger partial charge in [0.1, 0.15) is 5.75 Å². The molecule has 2 N–H and O–H groups in total. The number of aryl methyl sites for hydroxylation is 2. The summed E-state index contributed by atoms with van der Waals surface area (Å²) in [5.41, 5.74) is 4.58. The summed E-state index contributed by atoms with van der Waals surface area (Å²) >= 11 is 6.03. The Morgan fingerprint density at radius 3 is 2.65 bits per heavy atom. The molecule has 0 aliphatic heterocycles. The maximum absolute atomic E-state index is 12.5. The first-order valence-electron chi connectivity index (χ1n) is 9.13. The molecule has 2 amide bonds. The Morgan fingerprint density at radius 1 is 1.15 bits per heavy atom. The number of hydrogen-bond acceptors (Lipinski definition) is 2. The molecule has 138 valence electrons. The van der Waals surface area contributed by atoms with Gasteiger partial charge in [0.15, 0.2) is 0 Å². The van der Waals surface area contributed by atoms with Crippen LogP contribution < -0.4 is 15.4 Å². The highest BCUT2D eigenvalue weighted by Gasteiger charge is 2.17. The molecule has 0 spiro atoms. The van der Waals surface area contributed by atoms with Crippen molar-refractivity contribution in [1.29, 1.82) is 0 Å². The normalized spacial score (nSPS) is 14.3. The van der Waals surface area contributed by atoms with Gasteiger partial charge in [0.05, 0.1) is 18.8 Å². The first-order valence-corrected chi connectivity index (χ1v) is 9.51. The van der Waals surface area contributed by atoms with Crippen LogP contribution in [0.3, 0.4) is 0 Å². The number of nitrogens with one attached hydrogen (secondary N) is 2. The van der Waals surface area contributed by atoms with E-state index in [0.717, 1.165) is 24.8 Å². The van der Waals surface area contributed by atoms with Gasteiger partial charge in [0.2, 0.25) is 0 Å². The van der Waals surface area contributed by atoms with Gasteiger partial charge >= 0.3 is 6.03 Å². The fourth-order valence-corrected chi connectivity index (χ4v) is 3.66. The van der Waals surface area contributed by atoms with Gasteiger partial charge in [-0.15, -0.1) is 0 Å². The van der Waals surface area contributed by atoms with E-state index in [1.165, 1.54) is 24.0 Å². The maximum atomic E-state index is 12.5. The molecule has 1 aliphatic rings. The monoisotopic (exact) mass is 372 g/mol. The lowest BCUT2D eigenvalue weighted by atomic mass is 9.89. The number of urea groups is 1. The molecule has 1 atom stereocenters. The molecule has 0 saturated heterocycles. The van der Waals surface area contributed by atoms with Crippen LogP contribution in [0.25, 0.3) is 0 Å². The van der Waals surface area contributed by atoms with Gasteiger partial charge in [-0.3, -0.25) is 0 Å². The molecule has 0 heterocycles. The molecule has 1 aliphatic carbocycles. The van der Waals surface area contributed by atoms with Crippen LogP contribution in [0.5, 0.6) is 5.75 Å². The van der Waals surface area contributed by atoms with E-state index in [-0.39, 0.29) is 12.1 Å². The summed E-state index contributed by atoms with van der Waals surface area (Å²) in [6, 6.07) is 11.4. The largest absolute Gasteiger partial charge is 0.495 e. The van der Waals surface area contributed by atoms with Crippen LogP contribution in [0.1, 0.15) is 48.9 Å². The third-order valence-corrected chi connectivity index (χ3v) is 5.13. The van der Waals surface area contributed by atoms with Crippen LogP contribution in [-0.2, 0) is 12.8 Å². The smallest absolute Gasteiger partial charge is 0.319 e. The van der Waals surface area contributed by atoms with E-state index in [0.29, 0.717) is 16.5 Å². The predicted molar refractivity (Wildman–Crippen MR) is 106 cm³/mol. The Kier molecular flexibility index (Phi) is 6.04. The number of fused-ring (bicyclic) bond motifs is 1. The molecule has 3 rings (SSSR count).